The van der Waals surface area contributed by atoms with E-state index in [-0.39, 0.29) is 5.41 Å². The van der Waals surface area contributed by atoms with Crippen LogP contribution in [0.1, 0.15) is 45.2 Å². The summed E-state index contributed by atoms with van der Waals surface area (Å²) in [6.07, 6.45) is 5.49. The third kappa shape index (κ3) is 2.78. The van der Waals surface area contributed by atoms with E-state index in [9.17, 15) is 0 Å². The van der Waals surface area contributed by atoms with E-state index in [4.69, 9.17) is 4.52 Å². The van der Waals surface area contributed by atoms with Crippen molar-refractivity contribution in [3.8, 4) is 0 Å². The second-order valence-electron chi connectivity index (χ2n) is 5.40. The largest absolute Gasteiger partial charge is 0.339 e. The summed E-state index contributed by atoms with van der Waals surface area (Å²) in [6.45, 7) is 9.16. The van der Waals surface area contributed by atoms with Crippen LogP contribution in [0.3, 0.4) is 0 Å². The van der Waals surface area contributed by atoms with Crippen molar-refractivity contribution >= 4 is 0 Å². The standard InChI is InChI=1S/C13H20N4O/c1-5-10-14-7-9-17(10)8-6-11-15-12(16-18-11)13(2,3)4/h7,9H,5-6,8H2,1-4H3. The molecule has 0 atom stereocenters. The Bertz CT molecular complexity index is 507. The van der Waals surface area contributed by atoms with Gasteiger partial charge in [0, 0.05) is 37.2 Å². The molecule has 18 heavy (non-hydrogen) atoms. The summed E-state index contributed by atoms with van der Waals surface area (Å²) in [4.78, 5) is 8.71. The molecule has 0 unspecified atom stereocenters. The zero-order valence-corrected chi connectivity index (χ0v) is 11.5. The number of rotatable bonds is 4. The quantitative estimate of drug-likeness (QED) is 0.833. The summed E-state index contributed by atoms with van der Waals surface area (Å²) in [6, 6.07) is 0. The van der Waals surface area contributed by atoms with E-state index >= 15 is 0 Å². The fraction of sp³-hybridized carbons (Fsp3) is 0.615. The van der Waals surface area contributed by atoms with Gasteiger partial charge in [0.15, 0.2) is 5.82 Å². The maximum atomic E-state index is 5.27. The number of hydrogen-bond donors (Lipinski definition) is 0. The Balaban J connectivity index is 2.01. The minimum Gasteiger partial charge on any atom is -0.339 e. The zero-order chi connectivity index (χ0) is 13.2. The zero-order valence-electron chi connectivity index (χ0n) is 11.5. The van der Waals surface area contributed by atoms with Crippen molar-refractivity contribution in [3.63, 3.8) is 0 Å². The first-order valence-corrected chi connectivity index (χ1v) is 6.33. The minimum absolute atomic E-state index is 0.0642. The van der Waals surface area contributed by atoms with Crippen LogP contribution in [0.2, 0.25) is 0 Å². The van der Waals surface area contributed by atoms with Crippen LogP contribution in [0.5, 0.6) is 0 Å². The highest BCUT2D eigenvalue weighted by molar-refractivity contribution is 5.00. The second kappa shape index (κ2) is 4.92. The first kappa shape index (κ1) is 12.8. The third-order valence-corrected chi connectivity index (χ3v) is 2.82. The first-order chi connectivity index (χ1) is 8.50. The number of nitrogens with zero attached hydrogens (tertiary/aromatic N) is 4. The molecule has 0 amide bonds. The van der Waals surface area contributed by atoms with Gasteiger partial charge in [-0.25, -0.2) is 4.98 Å². The van der Waals surface area contributed by atoms with Gasteiger partial charge in [0.1, 0.15) is 5.82 Å². The van der Waals surface area contributed by atoms with Gasteiger partial charge in [-0.2, -0.15) is 4.98 Å². The van der Waals surface area contributed by atoms with Gasteiger partial charge < -0.3 is 9.09 Å². The number of aromatic nitrogens is 4. The predicted molar refractivity (Wildman–Crippen MR) is 68.3 cm³/mol. The van der Waals surface area contributed by atoms with Crippen LogP contribution in [0, 0.1) is 0 Å². The lowest BCUT2D eigenvalue weighted by atomic mass is 9.96. The molecule has 0 radical (unpaired) electrons. The molecule has 0 N–H and O–H groups in total. The Morgan fingerprint density at radius 1 is 1.33 bits per heavy atom. The van der Waals surface area contributed by atoms with Gasteiger partial charge in [-0.1, -0.05) is 32.9 Å². The highest BCUT2D eigenvalue weighted by Gasteiger charge is 2.20. The highest BCUT2D eigenvalue weighted by atomic mass is 16.5. The maximum absolute atomic E-state index is 5.27. The van der Waals surface area contributed by atoms with E-state index in [0.717, 1.165) is 31.0 Å². The Labute approximate surface area is 107 Å². The number of aryl methyl sites for hydroxylation is 3. The molecule has 2 heterocycles. The van der Waals surface area contributed by atoms with E-state index < -0.39 is 0 Å². The SMILES string of the molecule is CCc1nccn1CCc1nc(C(C)(C)C)no1. The first-order valence-electron chi connectivity index (χ1n) is 6.33. The van der Waals surface area contributed by atoms with Gasteiger partial charge in [0.2, 0.25) is 5.89 Å². The molecule has 2 aromatic rings. The van der Waals surface area contributed by atoms with E-state index in [2.05, 4.69) is 47.4 Å². The average Bonchev–Trinajstić information content (AvgIpc) is 2.94. The van der Waals surface area contributed by atoms with Gasteiger partial charge in [-0.15, -0.1) is 0 Å². The van der Waals surface area contributed by atoms with E-state index in [1.165, 1.54) is 0 Å². The molecule has 0 aliphatic rings. The number of imidazole rings is 1. The Kier molecular flexibility index (Phi) is 3.50. The maximum Gasteiger partial charge on any atom is 0.228 e. The monoisotopic (exact) mass is 248 g/mol. The van der Waals surface area contributed by atoms with E-state index in [1.54, 1.807) is 0 Å². The van der Waals surface area contributed by atoms with Gasteiger partial charge in [-0.05, 0) is 0 Å². The minimum atomic E-state index is -0.0642. The van der Waals surface area contributed by atoms with Gasteiger partial charge in [0.05, 0.1) is 0 Å². The van der Waals surface area contributed by atoms with Crippen molar-refractivity contribution in [3.05, 3.63) is 29.9 Å². The van der Waals surface area contributed by atoms with Gasteiger partial charge >= 0.3 is 0 Å². The van der Waals surface area contributed by atoms with E-state index in [0.29, 0.717) is 5.89 Å². The van der Waals surface area contributed by atoms with Crippen molar-refractivity contribution in [2.75, 3.05) is 0 Å². The molecule has 0 saturated carbocycles. The molecule has 2 aromatic heterocycles. The lowest BCUT2D eigenvalue weighted by molar-refractivity contribution is 0.357. The predicted octanol–water partition coefficient (Wildman–Crippen LogP) is 2.37. The highest BCUT2D eigenvalue weighted by Crippen LogP contribution is 2.18. The summed E-state index contributed by atoms with van der Waals surface area (Å²) >= 11 is 0. The van der Waals surface area contributed by atoms with Crippen LogP contribution in [-0.4, -0.2) is 19.7 Å². The molecule has 2 rings (SSSR count). The molecule has 5 heteroatoms. The summed E-state index contributed by atoms with van der Waals surface area (Å²) < 4.78 is 7.39. The molecular weight excluding hydrogens is 228 g/mol. The summed E-state index contributed by atoms with van der Waals surface area (Å²) in [7, 11) is 0. The van der Waals surface area contributed by atoms with Crippen LogP contribution in [0.15, 0.2) is 16.9 Å². The fourth-order valence-corrected chi connectivity index (χ4v) is 1.74. The van der Waals surface area contributed by atoms with Crippen molar-refractivity contribution in [2.24, 2.45) is 0 Å². The molecule has 5 nitrogen and oxygen atoms in total. The van der Waals surface area contributed by atoms with Crippen molar-refractivity contribution in [2.45, 2.75) is 52.5 Å². The van der Waals surface area contributed by atoms with Crippen LogP contribution >= 0.6 is 0 Å². The van der Waals surface area contributed by atoms with Gasteiger partial charge in [0.25, 0.3) is 0 Å². The molecule has 0 bridgehead atoms. The number of hydrogen-bond acceptors (Lipinski definition) is 4. The van der Waals surface area contributed by atoms with Crippen LogP contribution in [0.4, 0.5) is 0 Å². The molecular formula is C13H20N4O. The van der Waals surface area contributed by atoms with Crippen molar-refractivity contribution in [1.82, 2.24) is 19.7 Å². The summed E-state index contributed by atoms with van der Waals surface area (Å²) in [5.74, 6) is 2.54. The normalized spacial score (nSPS) is 12.0. The Morgan fingerprint density at radius 2 is 2.11 bits per heavy atom. The fourth-order valence-electron chi connectivity index (χ4n) is 1.74. The second-order valence-corrected chi connectivity index (χ2v) is 5.40. The van der Waals surface area contributed by atoms with Crippen LogP contribution in [-0.2, 0) is 24.8 Å². The summed E-state index contributed by atoms with van der Waals surface area (Å²) in [5.41, 5.74) is -0.0642. The molecule has 0 aliphatic heterocycles. The average molecular weight is 248 g/mol. The van der Waals surface area contributed by atoms with Crippen LogP contribution in [0.25, 0.3) is 0 Å². The lowest BCUT2D eigenvalue weighted by Crippen LogP contribution is -2.13. The molecule has 98 valence electrons. The molecule has 0 fully saturated rings. The third-order valence-electron chi connectivity index (χ3n) is 2.82. The van der Waals surface area contributed by atoms with Crippen LogP contribution < -0.4 is 0 Å². The molecule has 0 spiro atoms. The molecule has 0 aliphatic carbocycles. The molecule has 0 aromatic carbocycles. The topological polar surface area (TPSA) is 56.7 Å². The lowest BCUT2D eigenvalue weighted by Gasteiger charge is -2.10. The van der Waals surface area contributed by atoms with Gasteiger partial charge in [-0.3, -0.25) is 0 Å². The molecule has 0 saturated heterocycles. The Hall–Kier alpha value is -1.65. The summed E-state index contributed by atoms with van der Waals surface area (Å²) in [5, 5.41) is 4.02. The van der Waals surface area contributed by atoms with Crippen molar-refractivity contribution in [1.29, 1.82) is 0 Å². The van der Waals surface area contributed by atoms with Crippen molar-refractivity contribution < 1.29 is 4.52 Å². The Morgan fingerprint density at radius 3 is 2.72 bits per heavy atom. The smallest absolute Gasteiger partial charge is 0.228 e. The van der Waals surface area contributed by atoms with E-state index in [1.807, 2.05) is 12.4 Å².